The van der Waals surface area contributed by atoms with E-state index in [0.717, 1.165) is 27.6 Å². The largest absolute Gasteiger partial charge is 0.355 e. The van der Waals surface area contributed by atoms with Gasteiger partial charge in [-0.05, 0) is 49.4 Å². The summed E-state index contributed by atoms with van der Waals surface area (Å²) in [5.74, 6) is -0.676. The lowest BCUT2D eigenvalue weighted by Gasteiger charge is -2.31. The Hall–Kier alpha value is -3.67. The maximum atomic E-state index is 13.5. The third kappa shape index (κ3) is 3.84. The van der Waals surface area contributed by atoms with Crippen LogP contribution in [0.25, 0.3) is 10.8 Å². The summed E-state index contributed by atoms with van der Waals surface area (Å²) in [4.78, 5) is 42.4. The summed E-state index contributed by atoms with van der Waals surface area (Å²) in [6.07, 6.45) is 0. The molecule has 0 radical (unpaired) electrons. The molecule has 1 aliphatic rings. The monoisotopic (exact) mass is 429 g/mol. The Morgan fingerprint density at radius 1 is 1.03 bits per heavy atom. The standard InChI is InChI=1S/C26H27N3O3/c1-4-27-25(31)18(3)28(15-20-10-6-5-9-17(20)2)23(30)16-29-22-14-8-12-19-11-7-13-21(24(19)22)26(29)32/h5-14,18H,4,15-16H2,1-3H3,(H,27,31)/t18-/m0/s1. The van der Waals surface area contributed by atoms with Gasteiger partial charge < -0.3 is 10.2 Å². The fraction of sp³-hybridized carbons (Fsp3) is 0.269. The summed E-state index contributed by atoms with van der Waals surface area (Å²) < 4.78 is 0. The zero-order valence-electron chi connectivity index (χ0n) is 18.6. The van der Waals surface area contributed by atoms with Gasteiger partial charge in [-0.3, -0.25) is 19.3 Å². The van der Waals surface area contributed by atoms with Crippen molar-refractivity contribution in [2.45, 2.75) is 33.4 Å². The molecular formula is C26H27N3O3. The third-order valence-electron chi connectivity index (χ3n) is 6.06. The van der Waals surface area contributed by atoms with Crippen molar-refractivity contribution in [1.29, 1.82) is 0 Å². The predicted octanol–water partition coefficient (Wildman–Crippen LogP) is 3.66. The molecule has 0 aliphatic carbocycles. The molecule has 1 aliphatic heterocycles. The van der Waals surface area contributed by atoms with Crippen LogP contribution in [0, 0.1) is 6.92 Å². The van der Waals surface area contributed by atoms with Crippen molar-refractivity contribution in [3.8, 4) is 0 Å². The number of hydrogen-bond donors (Lipinski definition) is 1. The van der Waals surface area contributed by atoms with Gasteiger partial charge in [0.2, 0.25) is 11.8 Å². The van der Waals surface area contributed by atoms with Crippen LogP contribution in [0.3, 0.4) is 0 Å². The van der Waals surface area contributed by atoms with E-state index < -0.39 is 6.04 Å². The van der Waals surface area contributed by atoms with Gasteiger partial charge in [0, 0.05) is 24.0 Å². The van der Waals surface area contributed by atoms with E-state index in [1.807, 2.05) is 68.4 Å². The molecule has 6 nitrogen and oxygen atoms in total. The van der Waals surface area contributed by atoms with E-state index in [-0.39, 0.29) is 24.3 Å². The number of carbonyl (C=O) groups excluding carboxylic acids is 3. The van der Waals surface area contributed by atoms with Gasteiger partial charge in [0.15, 0.2) is 0 Å². The molecule has 0 unspecified atom stereocenters. The second-order valence-corrected chi connectivity index (χ2v) is 8.09. The van der Waals surface area contributed by atoms with Gasteiger partial charge >= 0.3 is 0 Å². The molecule has 0 saturated heterocycles. The third-order valence-corrected chi connectivity index (χ3v) is 6.06. The fourth-order valence-corrected chi connectivity index (χ4v) is 4.24. The molecule has 3 aromatic carbocycles. The van der Waals surface area contributed by atoms with Crippen LogP contribution in [0.5, 0.6) is 0 Å². The molecule has 32 heavy (non-hydrogen) atoms. The molecule has 0 fully saturated rings. The molecule has 6 heteroatoms. The van der Waals surface area contributed by atoms with Crippen LogP contribution < -0.4 is 10.2 Å². The summed E-state index contributed by atoms with van der Waals surface area (Å²) in [6, 6.07) is 18.5. The fourth-order valence-electron chi connectivity index (χ4n) is 4.24. The maximum Gasteiger partial charge on any atom is 0.259 e. The number of hydrogen-bond acceptors (Lipinski definition) is 3. The minimum atomic E-state index is -0.669. The van der Waals surface area contributed by atoms with Gasteiger partial charge in [-0.2, -0.15) is 0 Å². The minimum absolute atomic E-state index is 0.123. The summed E-state index contributed by atoms with van der Waals surface area (Å²) in [5.41, 5.74) is 3.35. The molecule has 0 saturated carbocycles. The van der Waals surface area contributed by atoms with Crippen LogP contribution in [-0.2, 0) is 16.1 Å². The lowest BCUT2D eigenvalue weighted by atomic mass is 10.1. The number of nitrogens with one attached hydrogen (secondary N) is 1. The quantitative estimate of drug-likeness (QED) is 0.623. The zero-order valence-corrected chi connectivity index (χ0v) is 18.6. The van der Waals surface area contributed by atoms with E-state index in [2.05, 4.69) is 5.32 Å². The van der Waals surface area contributed by atoms with E-state index in [1.54, 1.807) is 17.9 Å². The Labute approximate surface area is 187 Å². The highest BCUT2D eigenvalue weighted by molar-refractivity contribution is 6.26. The van der Waals surface area contributed by atoms with Crippen molar-refractivity contribution in [3.05, 3.63) is 77.4 Å². The first-order chi connectivity index (χ1) is 15.4. The number of rotatable bonds is 7. The summed E-state index contributed by atoms with van der Waals surface area (Å²) in [6.45, 7) is 6.21. The molecule has 0 aromatic heterocycles. The second-order valence-electron chi connectivity index (χ2n) is 8.09. The van der Waals surface area contributed by atoms with Crippen LogP contribution >= 0.6 is 0 Å². The van der Waals surface area contributed by atoms with E-state index >= 15 is 0 Å². The molecule has 0 bridgehead atoms. The van der Waals surface area contributed by atoms with E-state index in [9.17, 15) is 14.4 Å². The van der Waals surface area contributed by atoms with Gasteiger partial charge in [0.25, 0.3) is 5.91 Å². The number of anilines is 1. The lowest BCUT2D eigenvalue weighted by Crippen LogP contribution is -2.51. The number of carbonyl (C=O) groups is 3. The SMILES string of the molecule is CCNC(=O)[C@H](C)N(Cc1ccccc1C)C(=O)CN1C(=O)c2cccc3cccc1c23. The average Bonchev–Trinajstić information content (AvgIpc) is 3.06. The van der Waals surface area contributed by atoms with E-state index in [4.69, 9.17) is 0 Å². The molecule has 164 valence electrons. The summed E-state index contributed by atoms with van der Waals surface area (Å²) >= 11 is 0. The van der Waals surface area contributed by atoms with Crippen LogP contribution in [0.15, 0.2) is 60.7 Å². The van der Waals surface area contributed by atoms with Gasteiger partial charge in [-0.25, -0.2) is 0 Å². The van der Waals surface area contributed by atoms with Crippen LogP contribution in [0.2, 0.25) is 0 Å². The number of amides is 3. The number of aryl methyl sites for hydroxylation is 1. The summed E-state index contributed by atoms with van der Waals surface area (Å²) in [5, 5.41) is 4.64. The highest BCUT2D eigenvalue weighted by atomic mass is 16.2. The lowest BCUT2D eigenvalue weighted by molar-refractivity contribution is -0.139. The topological polar surface area (TPSA) is 69.7 Å². The molecule has 4 rings (SSSR count). The van der Waals surface area contributed by atoms with E-state index in [1.165, 1.54) is 4.90 Å². The van der Waals surface area contributed by atoms with Crippen molar-refractivity contribution >= 4 is 34.2 Å². The van der Waals surface area contributed by atoms with Crippen molar-refractivity contribution in [1.82, 2.24) is 10.2 Å². The first-order valence-electron chi connectivity index (χ1n) is 10.9. The molecule has 1 N–H and O–H groups in total. The van der Waals surface area contributed by atoms with Crippen molar-refractivity contribution in [3.63, 3.8) is 0 Å². The Bertz CT molecular complexity index is 1200. The first kappa shape index (κ1) is 21.6. The smallest absolute Gasteiger partial charge is 0.259 e. The number of likely N-dealkylation sites (N-methyl/N-ethyl adjacent to an activating group) is 1. The predicted molar refractivity (Wildman–Crippen MR) is 125 cm³/mol. The molecule has 1 atom stereocenters. The van der Waals surface area contributed by atoms with Crippen molar-refractivity contribution in [2.24, 2.45) is 0 Å². The first-order valence-corrected chi connectivity index (χ1v) is 10.9. The number of nitrogens with zero attached hydrogens (tertiary/aromatic N) is 2. The van der Waals surface area contributed by atoms with Gasteiger partial charge in [0.05, 0.1) is 5.69 Å². The molecular weight excluding hydrogens is 402 g/mol. The highest BCUT2D eigenvalue weighted by Gasteiger charge is 2.34. The normalized spacial score (nSPS) is 13.3. The van der Waals surface area contributed by atoms with Crippen molar-refractivity contribution < 1.29 is 14.4 Å². The number of benzene rings is 3. The average molecular weight is 430 g/mol. The Morgan fingerprint density at radius 2 is 1.75 bits per heavy atom. The van der Waals surface area contributed by atoms with Crippen LogP contribution in [0.1, 0.15) is 35.3 Å². The Balaban J connectivity index is 1.64. The van der Waals surface area contributed by atoms with Gasteiger partial charge in [-0.15, -0.1) is 0 Å². The molecule has 3 aromatic rings. The second kappa shape index (κ2) is 8.83. The highest BCUT2D eigenvalue weighted by Crippen LogP contribution is 2.37. The molecule has 1 heterocycles. The minimum Gasteiger partial charge on any atom is -0.355 e. The van der Waals surface area contributed by atoms with E-state index in [0.29, 0.717) is 18.7 Å². The zero-order chi connectivity index (χ0) is 22.8. The summed E-state index contributed by atoms with van der Waals surface area (Å²) in [7, 11) is 0. The van der Waals surface area contributed by atoms with Gasteiger partial charge in [0.1, 0.15) is 12.6 Å². The molecule has 3 amide bonds. The molecule has 0 spiro atoms. The van der Waals surface area contributed by atoms with Gasteiger partial charge in [-0.1, -0.05) is 48.5 Å². The van der Waals surface area contributed by atoms with Crippen LogP contribution in [-0.4, -0.2) is 41.8 Å². The van der Waals surface area contributed by atoms with Crippen LogP contribution in [0.4, 0.5) is 5.69 Å². The van der Waals surface area contributed by atoms with Crippen molar-refractivity contribution in [2.75, 3.05) is 18.0 Å². The Morgan fingerprint density at radius 3 is 2.47 bits per heavy atom. The Kier molecular flexibility index (Phi) is 5.95. The maximum absolute atomic E-state index is 13.5.